The summed E-state index contributed by atoms with van der Waals surface area (Å²) in [4.78, 5) is 25.2. The number of benzene rings is 1. The summed E-state index contributed by atoms with van der Waals surface area (Å²) < 4.78 is 16.8. The Morgan fingerprint density at radius 2 is 2.15 bits per heavy atom. The first-order valence-electron chi connectivity index (χ1n) is 8.92. The molecule has 1 aromatic heterocycles. The van der Waals surface area contributed by atoms with Gasteiger partial charge in [-0.25, -0.2) is 13.9 Å². The molecule has 1 atom stereocenters. The van der Waals surface area contributed by atoms with Crippen molar-refractivity contribution in [1.29, 1.82) is 0 Å². The zero-order valence-electron chi connectivity index (χ0n) is 14.3. The Bertz CT molecular complexity index is 883. The maximum atomic E-state index is 14.0. The second-order valence-electron chi connectivity index (χ2n) is 7.03. The van der Waals surface area contributed by atoms with Gasteiger partial charge in [-0.1, -0.05) is 17.7 Å². The van der Waals surface area contributed by atoms with Crippen LogP contribution in [0.5, 0.6) is 0 Å². The maximum Gasteiger partial charge on any atom is 0.346 e. The topological polar surface area (TPSA) is 68.9 Å². The molecule has 26 heavy (non-hydrogen) atoms. The summed E-state index contributed by atoms with van der Waals surface area (Å²) in [6.45, 7) is 1.15. The molecule has 1 aliphatic carbocycles. The summed E-state index contributed by atoms with van der Waals surface area (Å²) >= 11 is 6.06. The molecular formula is C18H20ClFN4O2. The molecule has 1 amide bonds. The average Bonchev–Trinajstić information content (AvgIpc) is 3.40. The number of amides is 1. The van der Waals surface area contributed by atoms with E-state index in [1.54, 1.807) is 6.07 Å². The van der Waals surface area contributed by atoms with Gasteiger partial charge >= 0.3 is 5.69 Å². The summed E-state index contributed by atoms with van der Waals surface area (Å²) in [7, 11) is 0. The molecule has 138 valence electrons. The third-order valence-corrected chi connectivity index (χ3v) is 5.44. The molecule has 1 aromatic carbocycles. The predicted octanol–water partition coefficient (Wildman–Crippen LogP) is 2.29. The van der Waals surface area contributed by atoms with Crippen LogP contribution in [0, 0.1) is 11.7 Å². The van der Waals surface area contributed by atoms with Crippen molar-refractivity contribution in [3.05, 3.63) is 50.9 Å². The van der Waals surface area contributed by atoms with Gasteiger partial charge in [0.05, 0.1) is 12.5 Å². The van der Waals surface area contributed by atoms with Gasteiger partial charge in [-0.3, -0.25) is 9.36 Å². The Morgan fingerprint density at radius 1 is 1.35 bits per heavy atom. The third-order valence-electron chi connectivity index (χ3n) is 5.09. The van der Waals surface area contributed by atoms with Crippen LogP contribution in [-0.2, 0) is 17.9 Å². The van der Waals surface area contributed by atoms with Crippen molar-refractivity contribution in [3.8, 4) is 0 Å². The lowest BCUT2D eigenvalue weighted by molar-refractivity contribution is -0.123. The van der Waals surface area contributed by atoms with Gasteiger partial charge < -0.3 is 5.32 Å². The van der Waals surface area contributed by atoms with Crippen molar-refractivity contribution < 1.29 is 9.18 Å². The van der Waals surface area contributed by atoms with Crippen molar-refractivity contribution in [2.24, 2.45) is 5.92 Å². The number of nitrogens with zero attached hydrogens (tertiary/aromatic N) is 3. The molecule has 0 spiro atoms. The average molecular weight is 379 g/mol. The number of hydrogen-bond donors (Lipinski definition) is 1. The van der Waals surface area contributed by atoms with Gasteiger partial charge in [-0.05, 0) is 43.7 Å². The van der Waals surface area contributed by atoms with Crippen LogP contribution in [0.15, 0.2) is 23.0 Å². The molecule has 1 unspecified atom stereocenters. The van der Waals surface area contributed by atoms with Crippen LogP contribution in [-0.4, -0.2) is 26.8 Å². The number of halogens is 2. The Balaban J connectivity index is 1.61. The number of rotatable bonds is 5. The molecule has 1 aliphatic heterocycles. The minimum atomic E-state index is -0.478. The molecule has 6 nitrogen and oxygen atoms in total. The van der Waals surface area contributed by atoms with E-state index in [2.05, 4.69) is 10.4 Å². The lowest BCUT2D eigenvalue weighted by atomic mass is 9.98. The van der Waals surface area contributed by atoms with E-state index in [0.717, 1.165) is 19.3 Å². The number of hydrogen-bond acceptors (Lipinski definition) is 3. The summed E-state index contributed by atoms with van der Waals surface area (Å²) in [5.41, 5.74) is -0.111. The van der Waals surface area contributed by atoms with E-state index >= 15 is 0 Å². The van der Waals surface area contributed by atoms with E-state index in [0.29, 0.717) is 31.3 Å². The molecule has 2 aromatic rings. The Labute approximate surface area is 155 Å². The molecule has 8 heteroatoms. The van der Waals surface area contributed by atoms with Crippen molar-refractivity contribution in [1.82, 2.24) is 19.7 Å². The zero-order chi connectivity index (χ0) is 18.3. The molecule has 1 saturated carbocycles. The second-order valence-corrected chi connectivity index (χ2v) is 7.44. The van der Waals surface area contributed by atoms with Crippen LogP contribution >= 0.6 is 11.6 Å². The van der Waals surface area contributed by atoms with Gasteiger partial charge in [-0.15, -0.1) is 0 Å². The zero-order valence-corrected chi connectivity index (χ0v) is 15.0. The lowest BCUT2D eigenvalue weighted by Gasteiger charge is -2.21. The molecule has 4 rings (SSSR count). The highest BCUT2D eigenvalue weighted by Crippen LogP contribution is 2.29. The second kappa shape index (κ2) is 6.87. The van der Waals surface area contributed by atoms with E-state index in [-0.39, 0.29) is 28.7 Å². The van der Waals surface area contributed by atoms with Crippen LogP contribution in [0.1, 0.15) is 43.0 Å². The van der Waals surface area contributed by atoms with Crippen LogP contribution in [0.4, 0.5) is 4.39 Å². The Hall–Kier alpha value is -2.15. The highest BCUT2D eigenvalue weighted by atomic mass is 35.5. The van der Waals surface area contributed by atoms with Crippen LogP contribution in [0.2, 0.25) is 5.02 Å². The van der Waals surface area contributed by atoms with E-state index < -0.39 is 11.7 Å². The molecule has 2 heterocycles. The van der Waals surface area contributed by atoms with E-state index in [1.807, 2.05) is 0 Å². The summed E-state index contributed by atoms with van der Waals surface area (Å²) in [6, 6.07) is 4.40. The highest BCUT2D eigenvalue weighted by Gasteiger charge is 2.32. The summed E-state index contributed by atoms with van der Waals surface area (Å²) in [5.74, 6) is 0.0491. The largest absolute Gasteiger partial charge is 0.355 e. The number of carbonyl (C=O) groups is 1. The van der Waals surface area contributed by atoms with Crippen LogP contribution < -0.4 is 11.0 Å². The quantitative estimate of drug-likeness (QED) is 0.867. The first-order chi connectivity index (χ1) is 12.5. The summed E-state index contributed by atoms with van der Waals surface area (Å²) in [5, 5.41) is 7.57. The van der Waals surface area contributed by atoms with Crippen molar-refractivity contribution in [2.45, 2.75) is 44.7 Å². The molecule has 0 radical (unpaired) electrons. The number of nitrogens with one attached hydrogen (secondary N) is 1. The standard InChI is InChI=1S/C18H20ClFN4O2/c19-14-4-1-5-15(20)13(14)10-24-18(26)23-8-2-3-12(16(23)22-24)17(25)21-9-11-6-7-11/h1,4-5,11-12H,2-3,6-10H2,(H,21,25). The van der Waals surface area contributed by atoms with Crippen LogP contribution in [0.3, 0.4) is 0 Å². The van der Waals surface area contributed by atoms with Gasteiger partial charge in [-0.2, -0.15) is 5.10 Å². The fraction of sp³-hybridized carbons (Fsp3) is 0.500. The Morgan fingerprint density at radius 3 is 2.88 bits per heavy atom. The van der Waals surface area contributed by atoms with Gasteiger partial charge in [0, 0.05) is 23.7 Å². The fourth-order valence-corrected chi connectivity index (χ4v) is 3.61. The smallest absolute Gasteiger partial charge is 0.346 e. The number of carbonyl (C=O) groups excluding carboxylic acids is 1. The van der Waals surface area contributed by atoms with Crippen LogP contribution in [0.25, 0.3) is 0 Å². The Kier molecular flexibility index (Phi) is 4.56. The highest BCUT2D eigenvalue weighted by molar-refractivity contribution is 6.31. The van der Waals surface area contributed by atoms with Gasteiger partial charge in [0.1, 0.15) is 11.6 Å². The molecular weight excluding hydrogens is 359 g/mol. The lowest BCUT2D eigenvalue weighted by Crippen LogP contribution is -2.36. The third kappa shape index (κ3) is 3.28. The van der Waals surface area contributed by atoms with E-state index in [1.165, 1.54) is 21.4 Å². The minimum Gasteiger partial charge on any atom is -0.355 e. The summed E-state index contributed by atoms with van der Waals surface area (Å²) in [6.07, 6.45) is 3.72. The first kappa shape index (κ1) is 17.3. The molecule has 2 aliphatic rings. The van der Waals surface area contributed by atoms with Gasteiger partial charge in [0.15, 0.2) is 0 Å². The molecule has 1 N–H and O–H groups in total. The monoisotopic (exact) mass is 378 g/mol. The van der Waals surface area contributed by atoms with Gasteiger partial charge in [0.25, 0.3) is 0 Å². The van der Waals surface area contributed by atoms with Crippen molar-refractivity contribution in [2.75, 3.05) is 6.54 Å². The van der Waals surface area contributed by atoms with E-state index in [9.17, 15) is 14.0 Å². The van der Waals surface area contributed by atoms with Crippen molar-refractivity contribution >= 4 is 17.5 Å². The van der Waals surface area contributed by atoms with Gasteiger partial charge in [0.2, 0.25) is 5.91 Å². The molecule has 0 saturated heterocycles. The number of aromatic nitrogens is 3. The fourth-order valence-electron chi connectivity index (χ4n) is 3.38. The SMILES string of the molecule is O=C(NCC1CC1)C1CCCn2c1nn(Cc1c(F)cccc1Cl)c2=O. The van der Waals surface area contributed by atoms with Crippen molar-refractivity contribution in [3.63, 3.8) is 0 Å². The van der Waals surface area contributed by atoms with E-state index in [4.69, 9.17) is 11.6 Å². The maximum absolute atomic E-state index is 14.0. The predicted molar refractivity (Wildman–Crippen MR) is 94.7 cm³/mol. The molecule has 0 bridgehead atoms. The molecule has 1 fully saturated rings. The minimum absolute atomic E-state index is 0.0548. The first-order valence-corrected chi connectivity index (χ1v) is 9.30. The normalized spacial score (nSPS) is 19.2. The number of fused-ring (bicyclic) bond motifs is 1.